The van der Waals surface area contributed by atoms with Crippen molar-refractivity contribution in [1.82, 2.24) is 4.98 Å². The fraction of sp³-hybridized carbons (Fsp3) is 0.583. The van der Waals surface area contributed by atoms with Gasteiger partial charge < -0.3 is 10.0 Å². The Morgan fingerprint density at radius 1 is 1.53 bits per heavy atom. The Kier molecular flexibility index (Phi) is 2.65. The highest BCUT2D eigenvalue weighted by Gasteiger charge is 2.40. The molecule has 0 amide bonds. The number of aromatic nitrogens is 1. The number of hydrogen-bond acceptors (Lipinski definition) is 3. The summed E-state index contributed by atoms with van der Waals surface area (Å²) in [7, 11) is 0. The lowest BCUT2D eigenvalue weighted by Gasteiger charge is -2.48. The number of hydrogen-bond donors (Lipinski definition) is 1. The molecule has 15 heavy (non-hydrogen) atoms. The van der Waals surface area contributed by atoms with Crippen molar-refractivity contribution in [3.05, 3.63) is 24.0 Å². The van der Waals surface area contributed by atoms with Crippen molar-refractivity contribution >= 4 is 5.69 Å². The highest BCUT2D eigenvalue weighted by atomic mass is 16.3. The van der Waals surface area contributed by atoms with Crippen LogP contribution >= 0.6 is 0 Å². The maximum atomic E-state index is 10.1. The maximum absolute atomic E-state index is 10.1. The molecule has 1 aliphatic heterocycles. The number of pyridine rings is 1. The second-order valence-corrected chi connectivity index (χ2v) is 4.49. The van der Waals surface area contributed by atoms with E-state index in [0.717, 1.165) is 31.6 Å². The zero-order valence-electron chi connectivity index (χ0n) is 9.40. The molecule has 1 aliphatic rings. The van der Waals surface area contributed by atoms with Crippen LogP contribution in [0.2, 0.25) is 0 Å². The Morgan fingerprint density at radius 3 is 2.87 bits per heavy atom. The smallest absolute Gasteiger partial charge is 0.0995 e. The van der Waals surface area contributed by atoms with Crippen molar-refractivity contribution in [2.24, 2.45) is 0 Å². The molecule has 3 heteroatoms. The molecule has 3 nitrogen and oxygen atoms in total. The molecule has 2 rings (SSSR count). The lowest BCUT2D eigenvalue weighted by Crippen LogP contribution is -2.61. The van der Waals surface area contributed by atoms with Crippen LogP contribution in [0.15, 0.2) is 18.3 Å². The van der Waals surface area contributed by atoms with E-state index in [0.29, 0.717) is 0 Å². The van der Waals surface area contributed by atoms with E-state index in [9.17, 15) is 5.11 Å². The van der Waals surface area contributed by atoms with Crippen molar-refractivity contribution in [3.63, 3.8) is 0 Å². The summed E-state index contributed by atoms with van der Waals surface area (Å²) in [6, 6.07) is 4.06. The Balaban J connectivity index is 2.00. The third kappa shape index (κ3) is 2.12. The highest BCUT2D eigenvalue weighted by Crippen LogP contribution is 2.30. The minimum atomic E-state index is -0.452. The molecule has 0 atom stereocenters. The van der Waals surface area contributed by atoms with Crippen LogP contribution in [0.3, 0.4) is 0 Å². The van der Waals surface area contributed by atoms with E-state index in [4.69, 9.17) is 0 Å². The molecule has 0 bridgehead atoms. The SMILES string of the molecule is CCCC1(O)CN(c2ccnc(C)c2)C1. The summed E-state index contributed by atoms with van der Waals surface area (Å²) < 4.78 is 0. The maximum Gasteiger partial charge on any atom is 0.0995 e. The molecule has 0 aromatic carbocycles. The van der Waals surface area contributed by atoms with Crippen LogP contribution in [-0.2, 0) is 0 Å². The van der Waals surface area contributed by atoms with Crippen LogP contribution in [0.5, 0.6) is 0 Å². The van der Waals surface area contributed by atoms with E-state index in [2.05, 4.69) is 22.9 Å². The van der Waals surface area contributed by atoms with Gasteiger partial charge in [0.1, 0.15) is 0 Å². The first kappa shape index (κ1) is 10.4. The van der Waals surface area contributed by atoms with Gasteiger partial charge in [0, 0.05) is 30.7 Å². The predicted octanol–water partition coefficient (Wildman–Crippen LogP) is 1.74. The van der Waals surface area contributed by atoms with Gasteiger partial charge in [0.15, 0.2) is 0 Å². The minimum Gasteiger partial charge on any atom is -0.386 e. The lowest BCUT2D eigenvalue weighted by atomic mass is 9.89. The summed E-state index contributed by atoms with van der Waals surface area (Å²) in [5.74, 6) is 0. The van der Waals surface area contributed by atoms with E-state index in [1.54, 1.807) is 0 Å². The predicted molar refractivity (Wildman–Crippen MR) is 61.0 cm³/mol. The Morgan fingerprint density at radius 2 is 2.27 bits per heavy atom. The highest BCUT2D eigenvalue weighted by molar-refractivity contribution is 5.50. The molecule has 1 aromatic rings. The summed E-state index contributed by atoms with van der Waals surface area (Å²) in [6.07, 6.45) is 3.76. The van der Waals surface area contributed by atoms with Gasteiger partial charge in [0.25, 0.3) is 0 Å². The fourth-order valence-electron chi connectivity index (χ4n) is 2.20. The average Bonchev–Trinajstić information content (AvgIpc) is 2.14. The number of rotatable bonds is 3. The van der Waals surface area contributed by atoms with Crippen molar-refractivity contribution < 1.29 is 5.11 Å². The average molecular weight is 206 g/mol. The van der Waals surface area contributed by atoms with Gasteiger partial charge in [0.2, 0.25) is 0 Å². The second-order valence-electron chi connectivity index (χ2n) is 4.49. The van der Waals surface area contributed by atoms with Gasteiger partial charge in [-0.25, -0.2) is 0 Å². The van der Waals surface area contributed by atoms with Crippen molar-refractivity contribution in [3.8, 4) is 0 Å². The van der Waals surface area contributed by atoms with E-state index >= 15 is 0 Å². The number of aliphatic hydroxyl groups is 1. The minimum absolute atomic E-state index is 0.452. The van der Waals surface area contributed by atoms with Crippen molar-refractivity contribution in [1.29, 1.82) is 0 Å². The molecule has 1 fully saturated rings. The summed E-state index contributed by atoms with van der Waals surface area (Å²) in [5.41, 5.74) is 1.74. The molecule has 0 unspecified atom stereocenters. The largest absolute Gasteiger partial charge is 0.386 e. The summed E-state index contributed by atoms with van der Waals surface area (Å²) in [6.45, 7) is 5.60. The monoisotopic (exact) mass is 206 g/mol. The summed E-state index contributed by atoms with van der Waals surface area (Å²) in [4.78, 5) is 6.36. The summed E-state index contributed by atoms with van der Waals surface area (Å²) >= 11 is 0. The van der Waals surface area contributed by atoms with Gasteiger partial charge >= 0.3 is 0 Å². The first-order valence-electron chi connectivity index (χ1n) is 5.53. The molecule has 82 valence electrons. The van der Waals surface area contributed by atoms with Crippen LogP contribution in [-0.4, -0.2) is 28.8 Å². The number of anilines is 1. The van der Waals surface area contributed by atoms with Crippen molar-refractivity contribution in [2.75, 3.05) is 18.0 Å². The van der Waals surface area contributed by atoms with Crippen LogP contribution < -0.4 is 4.90 Å². The zero-order chi connectivity index (χ0) is 10.9. The van der Waals surface area contributed by atoms with E-state index in [-0.39, 0.29) is 0 Å². The third-order valence-electron chi connectivity index (χ3n) is 2.93. The summed E-state index contributed by atoms with van der Waals surface area (Å²) in [5, 5.41) is 10.1. The molecule has 0 aliphatic carbocycles. The second kappa shape index (κ2) is 3.81. The van der Waals surface area contributed by atoms with E-state index in [1.807, 2.05) is 19.2 Å². The fourth-order valence-corrected chi connectivity index (χ4v) is 2.20. The van der Waals surface area contributed by atoms with Gasteiger partial charge in [-0.15, -0.1) is 0 Å². The molecule has 0 saturated carbocycles. The van der Waals surface area contributed by atoms with Crippen LogP contribution in [0, 0.1) is 6.92 Å². The molecular weight excluding hydrogens is 188 g/mol. The van der Waals surface area contributed by atoms with Crippen LogP contribution in [0.4, 0.5) is 5.69 Å². The Labute approximate surface area is 90.8 Å². The topological polar surface area (TPSA) is 36.4 Å². The standard InChI is InChI=1S/C12H18N2O/c1-3-5-12(15)8-14(9-12)11-4-6-13-10(2)7-11/h4,6-7,15H,3,5,8-9H2,1-2H3. The van der Waals surface area contributed by atoms with Gasteiger partial charge in [-0.2, -0.15) is 0 Å². The van der Waals surface area contributed by atoms with Crippen LogP contribution in [0.1, 0.15) is 25.5 Å². The Bertz CT molecular complexity index is 345. The molecule has 2 heterocycles. The van der Waals surface area contributed by atoms with Crippen LogP contribution in [0.25, 0.3) is 0 Å². The normalized spacial score (nSPS) is 18.7. The molecule has 0 radical (unpaired) electrons. The number of nitrogens with zero attached hydrogens (tertiary/aromatic N) is 2. The van der Waals surface area contributed by atoms with Gasteiger partial charge in [-0.05, 0) is 25.5 Å². The molecule has 1 aromatic heterocycles. The lowest BCUT2D eigenvalue weighted by molar-refractivity contribution is 0.00339. The Hall–Kier alpha value is -1.09. The van der Waals surface area contributed by atoms with E-state index < -0.39 is 5.60 Å². The third-order valence-corrected chi connectivity index (χ3v) is 2.93. The molecule has 1 N–H and O–H groups in total. The first-order valence-corrected chi connectivity index (χ1v) is 5.53. The number of aryl methyl sites for hydroxylation is 1. The first-order chi connectivity index (χ1) is 7.13. The van der Waals surface area contributed by atoms with E-state index in [1.165, 1.54) is 5.69 Å². The van der Waals surface area contributed by atoms with Gasteiger partial charge in [0.05, 0.1) is 5.60 Å². The van der Waals surface area contributed by atoms with Crippen molar-refractivity contribution in [2.45, 2.75) is 32.3 Å². The zero-order valence-corrected chi connectivity index (χ0v) is 9.40. The van der Waals surface area contributed by atoms with Gasteiger partial charge in [-0.1, -0.05) is 13.3 Å². The molecular formula is C12H18N2O. The quantitative estimate of drug-likeness (QED) is 0.818. The number of β-amino-alcohol motifs (C(OH)–C–C–N with tert-alkyl or cyclic N) is 1. The van der Waals surface area contributed by atoms with Gasteiger partial charge in [-0.3, -0.25) is 4.98 Å². The molecule has 1 saturated heterocycles. The molecule has 0 spiro atoms.